The van der Waals surface area contributed by atoms with E-state index in [0.29, 0.717) is 5.56 Å². The van der Waals surface area contributed by atoms with E-state index in [4.69, 9.17) is 0 Å². The van der Waals surface area contributed by atoms with Gasteiger partial charge < -0.3 is 10.4 Å². The van der Waals surface area contributed by atoms with Crippen LogP contribution < -0.4 is 5.32 Å². The maximum absolute atomic E-state index is 12.3. The lowest BCUT2D eigenvalue weighted by Crippen LogP contribution is -2.31. The zero-order valence-corrected chi connectivity index (χ0v) is 11.8. The zero-order valence-electron chi connectivity index (χ0n) is 11.8. The molecule has 0 unspecified atom stereocenters. The molecule has 0 heterocycles. The van der Waals surface area contributed by atoms with Crippen molar-refractivity contribution in [3.8, 4) is 0 Å². The molecule has 0 saturated carbocycles. The van der Waals surface area contributed by atoms with Crippen LogP contribution in [-0.2, 0) is 0 Å². The summed E-state index contributed by atoms with van der Waals surface area (Å²) in [5, 5.41) is 12.4. The van der Waals surface area contributed by atoms with Gasteiger partial charge in [-0.3, -0.25) is 4.79 Å². The fourth-order valence-corrected chi connectivity index (χ4v) is 2.15. The number of nitrogens with one attached hydrogen (secondary N) is 1. The molecule has 2 aromatic rings. The van der Waals surface area contributed by atoms with Crippen molar-refractivity contribution in [3.05, 3.63) is 70.8 Å². The molecule has 0 aromatic heterocycles. The number of carbonyl (C=O) groups excluding carboxylic acids is 1. The van der Waals surface area contributed by atoms with Gasteiger partial charge >= 0.3 is 0 Å². The summed E-state index contributed by atoms with van der Waals surface area (Å²) in [4.78, 5) is 12.3. The molecular weight excluding hydrogens is 250 g/mol. The third kappa shape index (κ3) is 3.06. The van der Waals surface area contributed by atoms with Crippen molar-refractivity contribution in [2.24, 2.45) is 0 Å². The lowest BCUT2D eigenvalue weighted by atomic mass is 10.0. The lowest BCUT2D eigenvalue weighted by molar-refractivity contribution is 0.0915. The van der Waals surface area contributed by atoms with Crippen LogP contribution >= 0.6 is 0 Å². The Kier molecular flexibility index (Phi) is 4.53. The van der Waals surface area contributed by atoms with E-state index in [2.05, 4.69) is 5.32 Å². The molecule has 0 fully saturated rings. The topological polar surface area (TPSA) is 49.3 Å². The van der Waals surface area contributed by atoms with Crippen molar-refractivity contribution in [2.45, 2.75) is 19.9 Å². The van der Waals surface area contributed by atoms with Gasteiger partial charge in [0.25, 0.3) is 5.91 Å². The zero-order chi connectivity index (χ0) is 14.5. The van der Waals surface area contributed by atoms with Gasteiger partial charge in [-0.2, -0.15) is 0 Å². The molecule has 0 aliphatic heterocycles. The first kappa shape index (κ1) is 14.3. The predicted molar refractivity (Wildman–Crippen MR) is 79.7 cm³/mol. The molecule has 0 aliphatic carbocycles. The molecular formula is C17H19NO2. The van der Waals surface area contributed by atoms with Crippen molar-refractivity contribution in [3.63, 3.8) is 0 Å². The second-order valence-corrected chi connectivity index (χ2v) is 4.87. The van der Waals surface area contributed by atoms with Crippen molar-refractivity contribution in [1.82, 2.24) is 5.32 Å². The molecule has 2 rings (SSSR count). The number of hydrogen-bond donors (Lipinski definition) is 2. The minimum Gasteiger partial charge on any atom is -0.394 e. The highest BCUT2D eigenvalue weighted by molar-refractivity contribution is 5.96. The number of aliphatic hydroxyl groups is 1. The molecule has 0 radical (unpaired) electrons. The number of benzene rings is 2. The molecule has 0 saturated heterocycles. The summed E-state index contributed by atoms with van der Waals surface area (Å²) in [5.74, 6) is -0.158. The minimum atomic E-state index is -0.386. The fraction of sp³-hybridized carbons (Fsp3) is 0.235. The predicted octanol–water partition coefficient (Wildman–Crippen LogP) is 2.77. The summed E-state index contributed by atoms with van der Waals surface area (Å²) >= 11 is 0. The third-order valence-electron chi connectivity index (χ3n) is 3.54. The van der Waals surface area contributed by atoms with E-state index >= 15 is 0 Å². The number of hydrogen-bond acceptors (Lipinski definition) is 2. The van der Waals surface area contributed by atoms with Gasteiger partial charge in [0.15, 0.2) is 0 Å². The van der Waals surface area contributed by atoms with E-state index in [1.165, 1.54) is 0 Å². The first-order chi connectivity index (χ1) is 9.63. The monoisotopic (exact) mass is 269 g/mol. The number of aryl methyl sites for hydroxylation is 1. The van der Waals surface area contributed by atoms with Crippen LogP contribution in [0.15, 0.2) is 48.5 Å². The molecule has 3 heteroatoms. The SMILES string of the molecule is Cc1cccc(C(=O)N[C@H](CO)c2ccccc2)c1C. The Hall–Kier alpha value is -2.13. The summed E-state index contributed by atoms with van der Waals surface area (Å²) in [6, 6.07) is 14.7. The molecule has 1 atom stereocenters. The normalized spacial score (nSPS) is 11.9. The first-order valence-electron chi connectivity index (χ1n) is 6.66. The Labute approximate surface area is 119 Å². The highest BCUT2D eigenvalue weighted by atomic mass is 16.3. The van der Waals surface area contributed by atoms with Crippen molar-refractivity contribution >= 4 is 5.91 Å². The Bertz CT molecular complexity index is 593. The smallest absolute Gasteiger partial charge is 0.252 e. The standard InChI is InChI=1S/C17H19NO2/c1-12-7-6-10-15(13(12)2)17(20)18-16(11-19)14-8-4-3-5-9-14/h3-10,16,19H,11H2,1-2H3,(H,18,20)/t16-/m1/s1. The van der Waals surface area contributed by atoms with Crippen molar-refractivity contribution in [2.75, 3.05) is 6.61 Å². The Morgan fingerprint density at radius 2 is 1.80 bits per heavy atom. The Balaban J connectivity index is 2.20. The highest BCUT2D eigenvalue weighted by Crippen LogP contribution is 2.16. The van der Waals surface area contributed by atoms with Crippen LogP contribution in [0.4, 0.5) is 0 Å². The average Bonchev–Trinajstić information content (AvgIpc) is 2.48. The number of rotatable bonds is 4. The first-order valence-corrected chi connectivity index (χ1v) is 6.66. The van der Waals surface area contributed by atoms with Crippen molar-refractivity contribution in [1.29, 1.82) is 0 Å². The van der Waals surface area contributed by atoms with E-state index in [-0.39, 0.29) is 18.6 Å². The van der Waals surface area contributed by atoms with Crippen LogP contribution in [0.25, 0.3) is 0 Å². The van der Waals surface area contributed by atoms with E-state index in [1.54, 1.807) is 6.07 Å². The summed E-state index contributed by atoms with van der Waals surface area (Å²) in [6.45, 7) is 3.79. The number of aliphatic hydroxyl groups excluding tert-OH is 1. The van der Waals surface area contributed by atoms with Crippen LogP contribution in [0.2, 0.25) is 0 Å². The molecule has 0 bridgehead atoms. The van der Waals surface area contributed by atoms with Crippen LogP contribution in [0.5, 0.6) is 0 Å². The van der Waals surface area contributed by atoms with Crippen LogP contribution in [0.1, 0.15) is 33.1 Å². The Morgan fingerprint density at radius 3 is 2.45 bits per heavy atom. The van der Waals surface area contributed by atoms with Gasteiger partial charge in [-0.05, 0) is 36.6 Å². The Morgan fingerprint density at radius 1 is 1.10 bits per heavy atom. The van der Waals surface area contributed by atoms with Gasteiger partial charge in [-0.1, -0.05) is 42.5 Å². The molecule has 0 aliphatic rings. The maximum atomic E-state index is 12.3. The number of amides is 1. The molecule has 1 amide bonds. The van der Waals surface area contributed by atoms with Crippen molar-refractivity contribution < 1.29 is 9.90 Å². The second kappa shape index (κ2) is 6.35. The fourth-order valence-electron chi connectivity index (χ4n) is 2.15. The number of carbonyl (C=O) groups is 1. The van der Waals surface area contributed by atoms with Crippen LogP contribution in [0.3, 0.4) is 0 Å². The van der Waals surface area contributed by atoms with E-state index in [9.17, 15) is 9.90 Å². The van der Waals surface area contributed by atoms with Gasteiger partial charge in [0.1, 0.15) is 0 Å². The van der Waals surface area contributed by atoms with Gasteiger partial charge in [-0.25, -0.2) is 0 Å². The van der Waals surface area contributed by atoms with Gasteiger partial charge in [0.05, 0.1) is 12.6 Å². The molecule has 20 heavy (non-hydrogen) atoms. The van der Waals surface area contributed by atoms with Crippen LogP contribution in [-0.4, -0.2) is 17.6 Å². The van der Waals surface area contributed by atoms with Gasteiger partial charge in [-0.15, -0.1) is 0 Å². The summed E-state index contributed by atoms with van der Waals surface area (Å²) in [6.07, 6.45) is 0. The summed E-state index contributed by atoms with van der Waals surface area (Å²) in [5.41, 5.74) is 3.60. The van der Waals surface area contributed by atoms with Crippen LogP contribution in [0, 0.1) is 13.8 Å². The second-order valence-electron chi connectivity index (χ2n) is 4.87. The molecule has 3 nitrogen and oxygen atoms in total. The molecule has 104 valence electrons. The minimum absolute atomic E-state index is 0.124. The van der Waals surface area contributed by atoms with E-state index in [0.717, 1.165) is 16.7 Å². The average molecular weight is 269 g/mol. The quantitative estimate of drug-likeness (QED) is 0.896. The third-order valence-corrected chi connectivity index (χ3v) is 3.54. The van der Waals surface area contributed by atoms with Gasteiger partial charge in [0, 0.05) is 5.56 Å². The molecule has 2 N–H and O–H groups in total. The van der Waals surface area contributed by atoms with E-state index in [1.807, 2.05) is 56.3 Å². The van der Waals surface area contributed by atoms with E-state index < -0.39 is 0 Å². The summed E-state index contributed by atoms with van der Waals surface area (Å²) < 4.78 is 0. The lowest BCUT2D eigenvalue weighted by Gasteiger charge is -2.18. The largest absolute Gasteiger partial charge is 0.394 e. The van der Waals surface area contributed by atoms with Gasteiger partial charge in [0.2, 0.25) is 0 Å². The molecule has 2 aromatic carbocycles. The highest BCUT2D eigenvalue weighted by Gasteiger charge is 2.16. The summed E-state index contributed by atoms with van der Waals surface area (Å²) in [7, 11) is 0. The maximum Gasteiger partial charge on any atom is 0.252 e. The molecule has 0 spiro atoms.